The number of carbonyl (C=O) groups is 1. The van der Waals surface area contributed by atoms with Crippen molar-refractivity contribution < 1.29 is 9.90 Å². The lowest BCUT2D eigenvalue weighted by molar-refractivity contribution is -0.107. The van der Waals surface area contributed by atoms with E-state index in [0.717, 1.165) is 29.2 Å². The number of rotatable bonds is 3. The summed E-state index contributed by atoms with van der Waals surface area (Å²) >= 11 is 3.40. The van der Waals surface area contributed by atoms with Crippen LogP contribution in [0, 0.1) is 0 Å². The fraction of sp³-hybridized carbons (Fsp3) is 0.500. The second-order valence-corrected chi connectivity index (χ2v) is 5.44. The Balaban J connectivity index is 2.45. The predicted octanol–water partition coefficient (Wildman–Crippen LogP) is 3.56. The summed E-state index contributed by atoms with van der Waals surface area (Å²) in [5, 5.41) is 10.1. The number of phenols is 1. The van der Waals surface area contributed by atoms with Crippen LogP contribution in [-0.4, -0.2) is 11.4 Å². The molecule has 1 aromatic rings. The van der Waals surface area contributed by atoms with Gasteiger partial charge in [-0.25, -0.2) is 0 Å². The summed E-state index contributed by atoms with van der Waals surface area (Å²) in [6.45, 7) is 0. The first-order valence-electron chi connectivity index (χ1n) is 6.19. The standard InChI is InChI=1S/C14H17BrO2/c15-13-9-10-5-2-1-3-6-11(10)12(14(13)17)7-4-8-16/h8-9,17H,1-7H2. The van der Waals surface area contributed by atoms with E-state index >= 15 is 0 Å². The fourth-order valence-electron chi connectivity index (χ4n) is 2.59. The van der Waals surface area contributed by atoms with Crippen LogP contribution in [0.25, 0.3) is 0 Å². The minimum atomic E-state index is 0.326. The first kappa shape index (κ1) is 12.6. The lowest BCUT2D eigenvalue weighted by Gasteiger charge is -2.15. The van der Waals surface area contributed by atoms with E-state index in [1.54, 1.807) is 0 Å². The lowest BCUT2D eigenvalue weighted by atomic mass is 9.93. The Hall–Kier alpha value is -0.830. The summed E-state index contributed by atoms with van der Waals surface area (Å²) in [7, 11) is 0. The van der Waals surface area contributed by atoms with Crippen molar-refractivity contribution in [3.63, 3.8) is 0 Å². The minimum absolute atomic E-state index is 0.326. The van der Waals surface area contributed by atoms with Gasteiger partial charge in [-0.2, -0.15) is 0 Å². The zero-order valence-corrected chi connectivity index (χ0v) is 11.4. The maximum atomic E-state index is 10.5. The van der Waals surface area contributed by atoms with Gasteiger partial charge in [0.15, 0.2) is 0 Å². The van der Waals surface area contributed by atoms with Crippen molar-refractivity contribution in [3.8, 4) is 5.75 Å². The molecule has 1 aliphatic rings. The molecule has 3 heteroatoms. The first-order valence-corrected chi connectivity index (χ1v) is 6.99. The van der Waals surface area contributed by atoms with Crippen molar-refractivity contribution in [3.05, 3.63) is 27.2 Å². The van der Waals surface area contributed by atoms with Crippen molar-refractivity contribution in [1.82, 2.24) is 0 Å². The van der Waals surface area contributed by atoms with E-state index in [1.165, 1.54) is 30.4 Å². The van der Waals surface area contributed by atoms with E-state index in [9.17, 15) is 9.90 Å². The number of aryl methyl sites for hydroxylation is 1. The van der Waals surface area contributed by atoms with Crippen molar-refractivity contribution in [2.45, 2.75) is 44.9 Å². The van der Waals surface area contributed by atoms with Gasteiger partial charge >= 0.3 is 0 Å². The molecule has 0 spiro atoms. The average Bonchev–Trinajstić information content (AvgIpc) is 2.55. The summed E-state index contributed by atoms with van der Waals surface area (Å²) in [5.74, 6) is 0.326. The van der Waals surface area contributed by atoms with Crippen LogP contribution in [0.5, 0.6) is 5.75 Å². The van der Waals surface area contributed by atoms with Gasteiger partial charge in [-0.1, -0.05) is 6.42 Å². The van der Waals surface area contributed by atoms with E-state index in [2.05, 4.69) is 15.9 Å². The molecule has 0 fully saturated rings. The number of hydrogen-bond acceptors (Lipinski definition) is 2. The average molecular weight is 297 g/mol. The highest BCUT2D eigenvalue weighted by Gasteiger charge is 2.17. The zero-order chi connectivity index (χ0) is 12.3. The molecular weight excluding hydrogens is 280 g/mol. The third kappa shape index (κ3) is 2.71. The van der Waals surface area contributed by atoms with Gasteiger partial charge in [0.1, 0.15) is 12.0 Å². The second-order valence-electron chi connectivity index (χ2n) is 4.59. The predicted molar refractivity (Wildman–Crippen MR) is 71.5 cm³/mol. The summed E-state index contributed by atoms with van der Waals surface area (Å²) in [6.07, 6.45) is 7.82. The molecule has 1 N–H and O–H groups in total. The Kier molecular flexibility index (Phi) is 4.21. The van der Waals surface area contributed by atoms with E-state index in [4.69, 9.17) is 0 Å². The number of aromatic hydroxyl groups is 1. The van der Waals surface area contributed by atoms with Gasteiger partial charge in [0, 0.05) is 6.42 Å². The molecule has 92 valence electrons. The Morgan fingerprint density at radius 3 is 2.82 bits per heavy atom. The maximum Gasteiger partial charge on any atom is 0.133 e. The SMILES string of the molecule is O=CCCc1c(O)c(Br)cc2c1CCCCC2. The van der Waals surface area contributed by atoms with Crippen molar-refractivity contribution >= 4 is 22.2 Å². The largest absolute Gasteiger partial charge is 0.506 e. The minimum Gasteiger partial charge on any atom is -0.506 e. The van der Waals surface area contributed by atoms with Crippen LogP contribution in [0.4, 0.5) is 0 Å². The molecule has 0 saturated heterocycles. The first-order chi connectivity index (χ1) is 8.24. The van der Waals surface area contributed by atoms with E-state index in [0.29, 0.717) is 18.6 Å². The molecule has 0 aliphatic heterocycles. The van der Waals surface area contributed by atoms with Crippen molar-refractivity contribution in [1.29, 1.82) is 0 Å². The number of aldehydes is 1. The van der Waals surface area contributed by atoms with Gasteiger partial charge in [-0.15, -0.1) is 0 Å². The Bertz CT molecular complexity index is 427. The monoisotopic (exact) mass is 296 g/mol. The molecule has 0 amide bonds. The van der Waals surface area contributed by atoms with Crippen LogP contribution in [0.2, 0.25) is 0 Å². The van der Waals surface area contributed by atoms with Crippen LogP contribution >= 0.6 is 15.9 Å². The number of fused-ring (bicyclic) bond motifs is 1. The molecule has 2 rings (SSSR count). The molecule has 0 unspecified atom stereocenters. The van der Waals surface area contributed by atoms with Gasteiger partial charge in [-0.3, -0.25) is 0 Å². The van der Waals surface area contributed by atoms with E-state index in [1.807, 2.05) is 6.07 Å². The highest BCUT2D eigenvalue weighted by molar-refractivity contribution is 9.10. The number of phenolic OH excluding ortho intramolecular Hbond substituents is 1. The highest BCUT2D eigenvalue weighted by atomic mass is 79.9. The van der Waals surface area contributed by atoms with Gasteiger partial charge in [0.05, 0.1) is 4.47 Å². The molecule has 0 saturated carbocycles. The molecule has 0 aromatic heterocycles. The molecule has 17 heavy (non-hydrogen) atoms. The van der Waals surface area contributed by atoms with Crippen molar-refractivity contribution in [2.75, 3.05) is 0 Å². The summed E-state index contributed by atoms with van der Waals surface area (Å²) in [6, 6.07) is 2.04. The molecule has 0 radical (unpaired) electrons. The van der Waals surface area contributed by atoms with Gasteiger partial charge in [0.2, 0.25) is 0 Å². The van der Waals surface area contributed by atoms with E-state index < -0.39 is 0 Å². The molecule has 1 aromatic carbocycles. The van der Waals surface area contributed by atoms with Gasteiger partial charge in [-0.05, 0) is 70.8 Å². The fourth-order valence-corrected chi connectivity index (χ4v) is 3.11. The third-order valence-electron chi connectivity index (χ3n) is 3.45. The Labute approximate surface area is 110 Å². The number of hydrogen-bond donors (Lipinski definition) is 1. The van der Waals surface area contributed by atoms with Crippen LogP contribution in [0.15, 0.2) is 10.5 Å². The van der Waals surface area contributed by atoms with Crippen LogP contribution in [0.1, 0.15) is 42.4 Å². The van der Waals surface area contributed by atoms with E-state index in [-0.39, 0.29) is 0 Å². The highest BCUT2D eigenvalue weighted by Crippen LogP contribution is 2.36. The summed E-state index contributed by atoms with van der Waals surface area (Å²) in [5.41, 5.74) is 3.60. The number of halogens is 1. The third-order valence-corrected chi connectivity index (χ3v) is 4.05. The molecule has 2 nitrogen and oxygen atoms in total. The molecule has 0 atom stereocenters. The zero-order valence-electron chi connectivity index (χ0n) is 9.84. The number of carbonyl (C=O) groups excluding carboxylic acids is 1. The summed E-state index contributed by atoms with van der Waals surface area (Å²) in [4.78, 5) is 10.5. The Morgan fingerprint density at radius 2 is 2.06 bits per heavy atom. The Morgan fingerprint density at radius 1 is 1.29 bits per heavy atom. The number of benzene rings is 1. The second kappa shape index (κ2) is 5.67. The molecule has 0 bridgehead atoms. The normalized spacial score (nSPS) is 15.1. The van der Waals surface area contributed by atoms with Gasteiger partial charge in [0.25, 0.3) is 0 Å². The smallest absolute Gasteiger partial charge is 0.133 e. The van der Waals surface area contributed by atoms with Crippen LogP contribution in [-0.2, 0) is 24.1 Å². The van der Waals surface area contributed by atoms with Crippen LogP contribution < -0.4 is 0 Å². The molecule has 1 aliphatic carbocycles. The lowest BCUT2D eigenvalue weighted by Crippen LogP contribution is -2.00. The molecule has 0 heterocycles. The van der Waals surface area contributed by atoms with Gasteiger partial charge < -0.3 is 9.90 Å². The topological polar surface area (TPSA) is 37.3 Å². The van der Waals surface area contributed by atoms with Crippen LogP contribution in [0.3, 0.4) is 0 Å². The summed E-state index contributed by atoms with van der Waals surface area (Å²) < 4.78 is 0.763. The maximum absolute atomic E-state index is 10.5. The quantitative estimate of drug-likeness (QED) is 0.684. The van der Waals surface area contributed by atoms with Crippen molar-refractivity contribution in [2.24, 2.45) is 0 Å². The molecular formula is C14H17BrO2.